The number of rotatable bonds is 3. The van der Waals surface area contributed by atoms with E-state index in [1.807, 2.05) is 13.8 Å². The highest BCUT2D eigenvalue weighted by Gasteiger charge is 2.19. The van der Waals surface area contributed by atoms with Crippen LogP contribution in [0, 0.1) is 13.8 Å². The third-order valence-corrected chi connectivity index (χ3v) is 4.03. The first-order valence-electron chi connectivity index (χ1n) is 7.67. The molecule has 1 fully saturated rings. The van der Waals surface area contributed by atoms with Gasteiger partial charge in [0.05, 0.1) is 5.56 Å². The summed E-state index contributed by atoms with van der Waals surface area (Å²) in [6, 6.07) is 7.61. The summed E-state index contributed by atoms with van der Waals surface area (Å²) in [6.07, 6.45) is 1.42. The van der Waals surface area contributed by atoms with Gasteiger partial charge in [-0.3, -0.25) is 4.98 Å². The molecule has 3 heterocycles. The number of hydrogen-bond acceptors (Lipinski definition) is 5. The van der Waals surface area contributed by atoms with Crippen molar-refractivity contribution < 1.29 is 9.90 Å². The second kappa shape index (κ2) is 6.24. The number of piperazine rings is 1. The zero-order valence-electron chi connectivity index (χ0n) is 13.4. The van der Waals surface area contributed by atoms with E-state index < -0.39 is 5.97 Å². The first-order valence-corrected chi connectivity index (χ1v) is 7.67. The van der Waals surface area contributed by atoms with E-state index in [2.05, 4.69) is 31.9 Å². The summed E-state index contributed by atoms with van der Waals surface area (Å²) >= 11 is 0. The predicted molar refractivity (Wildman–Crippen MR) is 89.3 cm³/mol. The van der Waals surface area contributed by atoms with Gasteiger partial charge >= 0.3 is 5.97 Å². The minimum atomic E-state index is -0.947. The Balaban J connectivity index is 1.67. The van der Waals surface area contributed by atoms with E-state index in [0.29, 0.717) is 0 Å². The normalized spacial score (nSPS) is 14.9. The van der Waals surface area contributed by atoms with Crippen molar-refractivity contribution in [3.05, 3.63) is 47.4 Å². The molecular formula is C17H20N4O2. The molecule has 1 saturated heterocycles. The SMILES string of the molecule is Cc1cc(N2CCN(c3ccc(C(=O)O)cn3)CC2)cc(C)n1. The molecule has 23 heavy (non-hydrogen) atoms. The molecule has 0 saturated carbocycles. The molecule has 0 atom stereocenters. The fourth-order valence-corrected chi connectivity index (χ4v) is 2.89. The topological polar surface area (TPSA) is 69.6 Å². The van der Waals surface area contributed by atoms with Crippen LogP contribution in [0.4, 0.5) is 11.5 Å². The number of nitrogens with zero attached hydrogens (tertiary/aromatic N) is 4. The van der Waals surface area contributed by atoms with Gasteiger partial charge in [0.1, 0.15) is 5.82 Å². The van der Waals surface area contributed by atoms with Gasteiger partial charge in [0.15, 0.2) is 0 Å². The lowest BCUT2D eigenvalue weighted by atomic mass is 10.2. The van der Waals surface area contributed by atoms with E-state index in [4.69, 9.17) is 5.11 Å². The molecule has 1 N–H and O–H groups in total. The lowest BCUT2D eigenvalue weighted by molar-refractivity contribution is 0.0696. The van der Waals surface area contributed by atoms with Crippen molar-refractivity contribution in [2.75, 3.05) is 36.0 Å². The van der Waals surface area contributed by atoms with Gasteiger partial charge in [-0.25, -0.2) is 9.78 Å². The molecule has 0 amide bonds. The molecule has 0 unspecified atom stereocenters. The smallest absolute Gasteiger partial charge is 0.337 e. The van der Waals surface area contributed by atoms with Gasteiger partial charge in [-0.1, -0.05) is 0 Å². The average molecular weight is 312 g/mol. The number of pyridine rings is 2. The molecule has 0 bridgehead atoms. The molecule has 1 aliphatic heterocycles. The minimum Gasteiger partial charge on any atom is -0.478 e. The highest BCUT2D eigenvalue weighted by Crippen LogP contribution is 2.20. The second-order valence-corrected chi connectivity index (χ2v) is 5.79. The van der Waals surface area contributed by atoms with Gasteiger partial charge in [0.2, 0.25) is 0 Å². The maximum absolute atomic E-state index is 10.9. The fraction of sp³-hybridized carbons (Fsp3) is 0.353. The number of aromatic nitrogens is 2. The number of carboxylic acid groups (broad SMARTS) is 1. The van der Waals surface area contributed by atoms with Crippen LogP contribution < -0.4 is 9.80 Å². The van der Waals surface area contributed by atoms with Gasteiger partial charge in [-0.2, -0.15) is 0 Å². The lowest BCUT2D eigenvalue weighted by Crippen LogP contribution is -2.46. The van der Waals surface area contributed by atoms with E-state index in [1.54, 1.807) is 12.1 Å². The quantitative estimate of drug-likeness (QED) is 0.936. The maximum atomic E-state index is 10.9. The number of carbonyl (C=O) groups is 1. The van der Waals surface area contributed by atoms with Gasteiger partial charge in [0.25, 0.3) is 0 Å². The Labute approximate surface area is 135 Å². The molecule has 2 aromatic rings. The molecule has 0 aliphatic carbocycles. The van der Waals surface area contributed by atoms with Crippen LogP contribution in [0.15, 0.2) is 30.5 Å². The molecular weight excluding hydrogens is 292 g/mol. The predicted octanol–water partition coefficient (Wildman–Crippen LogP) is 2.12. The summed E-state index contributed by atoms with van der Waals surface area (Å²) in [5, 5.41) is 8.93. The van der Waals surface area contributed by atoms with Gasteiger partial charge in [-0.15, -0.1) is 0 Å². The van der Waals surface area contributed by atoms with Gasteiger partial charge in [-0.05, 0) is 38.1 Å². The number of hydrogen-bond donors (Lipinski definition) is 1. The van der Waals surface area contributed by atoms with E-state index in [0.717, 1.165) is 43.4 Å². The fourth-order valence-electron chi connectivity index (χ4n) is 2.89. The molecule has 3 rings (SSSR count). The second-order valence-electron chi connectivity index (χ2n) is 5.79. The molecule has 6 heteroatoms. The Morgan fingerprint density at radius 3 is 2.17 bits per heavy atom. The van der Waals surface area contributed by atoms with Crippen molar-refractivity contribution in [2.24, 2.45) is 0 Å². The van der Waals surface area contributed by atoms with Crippen LogP contribution in [-0.4, -0.2) is 47.2 Å². The summed E-state index contributed by atoms with van der Waals surface area (Å²) in [6.45, 7) is 7.57. The van der Waals surface area contributed by atoms with E-state index in [-0.39, 0.29) is 5.56 Å². The van der Waals surface area contributed by atoms with Crippen LogP contribution in [-0.2, 0) is 0 Å². The molecule has 2 aromatic heterocycles. The van der Waals surface area contributed by atoms with Crippen LogP contribution in [0.1, 0.15) is 21.7 Å². The van der Waals surface area contributed by atoms with E-state index in [9.17, 15) is 4.79 Å². The lowest BCUT2D eigenvalue weighted by Gasteiger charge is -2.36. The third-order valence-electron chi connectivity index (χ3n) is 4.03. The number of aromatic carboxylic acids is 1. The number of anilines is 2. The maximum Gasteiger partial charge on any atom is 0.337 e. The molecule has 1 aliphatic rings. The largest absolute Gasteiger partial charge is 0.478 e. The average Bonchev–Trinajstić information content (AvgIpc) is 2.54. The molecule has 120 valence electrons. The monoisotopic (exact) mass is 312 g/mol. The van der Waals surface area contributed by atoms with Crippen LogP contribution >= 0.6 is 0 Å². The van der Waals surface area contributed by atoms with Crippen LogP contribution in [0.5, 0.6) is 0 Å². The summed E-state index contributed by atoms with van der Waals surface area (Å²) in [5.74, 6) is -0.117. The summed E-state index contributed by atoms with van der Waals surface area (Å²) in [7, 11) is 0. The molecule has 0 aromatic carbocycles. The Bertz CT molecular complexity index is 687. The Morgan fingerprint density at radius 1 is 1.04 bits per heavy atom. The Kier molecular flexibility index (Phi) is 4.14. The van der Waals surface area contributed by atoms with Crippen LogP contribution in [0.25, 0.3) is 0 Å². The third kappa shape index (κ3) is 3.41. The van der Waals surface area contributed by atoms with Crippen molar-refractivity contribution in [1.29, 1.82) is 0 Å². The summed E-state index contributed by atoms with van der Waals surface area (Å²) in [4.78, 5) is 24.1. The zero-order valence-corrected chi connectivity index (χ0v) is 13.4. The Hall–Kier alpha value is -2.63. The van der Waals surface area contributed by atoms with E-state index in [1.165, 1.54) is 11.9 Å². The molecule has 0 radical (unpaired) electrons. The Morgan fingerprint density at radius 2 is 1.65 bits per heavy atom. The van der Waals surface area contributed by atoms with Crippen LogP contribution in [0.3, 0.4) is 0 Å². The van der Waals surface area contributed by atoms with Crippen LogP contribution in [0.2, 0.25) is 0 Å². The van der Waals surface area contributed by atoms with Gasteiger partial charge in [0, 0.05) is 49.5 Å². The standard InChI is InChI=1S/C17H20N4O2/c1-12-9-15(10-13(2)19-12)20-5-7-21(8-6-20)16-4-3-14(11-18-16)17(22)23/h3-4,9-11H,5-8H2,1-2H3,(H,22,23). The van der Waals surface area contributed by atoms with E-state index >= 15 is 0 Å². The highest BCUT2D eigenvalue weighted by atomic mass is 16.4. The highest BCUT2D eigenvalue weighted by molar-refractivity contribution is 5.87. The first kappa shape index (κ1) is 15.3. The van der Waals surface area contributed by atoms with Crippen molar-refractivity contribution in [1.82, 2.24) is 9.97 Å². The minimum absolute atomic E-state index is 0.218. The number of carboxylic acids is 1. The zero-order chi connectivity index (χ0) is 16.4. The summed E-state index contributed by atoms with van der Waals surface area (Å²) in [5.41, 5.74) is 3.50. The van der Waals surface area contributed by atoms with Crippen molar-refractivity contribution in [2.45, 2.75) is 13.8 Å². The van der Waals surface area contributed by atoms with Crippen molar-refractivity contribution >= 4 is 17.5 Å². The van der Waals surface area contributed by atoms with Crippen molar-refractivity contribution in [3.8, 4) is 0 Å². The van der Waals surface area contributed by atoms with Gasteiger partial charge < -0.3 is 14.9 Å². The first-order chi connectivity index (χ1) is 11.0. The molecule has 6 nitrogen and oxygen atoms in total. The molecule has 0 spiro atoms. The number of aryl methyl sites for hydroxylation is 2. The summed E-state index contributed by atoms with van der Waals surface area (Å²) < 4.78 is 0. The van der Waals surface area contributed by atoms with Crippen molar-refractivity contribution in [3.63, 3.8) is 0 Å².